The molecule has 0 spiro atoms. The number of primary amides is 1. The first-order valence-electron chi connectivity index (χ1n) is 5.41. The van der Waals surface area contributed by atoms with E-state index < -0.39 is 11.8 Å². The first-order chi connectivity index (χ1) is 7.73. The number of hydrogen-bond acceptors (Lipinski definition) is 2. The average Bonchev–Trinajstić information content (AvgIpc) is 2.26. The third-order valence-electron chi connectivity index (χ3n) is 2.64. The van der Waals surface area contributed by atoms with Crippen molar-refractivity contribution >= 4 is 17.5 Å². The normalized spacial score (nSPS) is 11.1. The molecule has 0 fully saturated rings. The zero-order chi connectivity index (χ0) is 13.2. The van der Waals surface area contributed by atoms with Gasteiger partial charge in [0.1, 0.15) is 0 Å². The van der Waals surface area contributed by atoms with Crippen LogP contribution in [0.1, 0.15) is 26.3 Å². The number of carbonyl (C=O) groups excluding carboxylic acids is 2. The summed E-state index contributed by atoms with van der Waals surface area (Å²) < 4.78 is 0. The predicted molar refractivity (Wildman–Crippen MR) is 67.7 cm³/mol. The molecule has 92 valence electrons. The summed E-state index contributed by atoms with van der Waals surface area (Å²) in [6.45, 7) is 6.33. The van der Waals surface area contributed by atoms with E-state index in [4.69, 9.17) is 5.73 Å². The second-order valence-corrected chi connectivity index (χ2v) is 5.03. The Balaban J connectivity index is 2.96. The molecule has 4 heteroatoms. The number of benzene rings is 1. The molecular formula is C13H18N2O2. The summed E-state index contributed by atoms with van der Waals surface area (Å²) >= 11 is 0. The monoisotopic (exact) mass is 234 g/mol. The topological polar surface area (TPSA) is 63.4 Å². The van der Waals surface area contributed by atoms with Crippen molar-refractivity contribution in [1.29, 1.82) is 0 Å². The standard InChI is InChI=1S/C13H18N2O2/c1-13(2,3)9-5-7-10(8-6-9)15(4)12(17)11(14)16/h5-8H,1-4H3,(H2,14,16). The second-order valence-electron chi connectivity index (χ2n) is 5.03. The van der Waals surface area contributed by atoms with Gasteiger partial charge in [0, 0.05) is 12.7 Å². The van der Waals surface area contributed by atoms with Crippen LogP contribution in [0.2, 0.25) is 0 Å². The van der Waals surface area contributed by atoms with Crippen LogP contribution in [0.25, 0.3) is 0 Å². The molecule has 0 heterocycles. The van der Waals surface area contributed by atoms with Gasteiger partial charge in [0.05, 0.1) is 0 Å². The van der Waals surface area contributed by atoms with E-state index >= 15 is 0 Å². The Labute approximate surface area is 101 Å². The van der Waals surface area contributed by atoms with Gasteiger partial charge in [0.2, 0.25) is 0 Å². The van der Waals surface area contributed by atoms with Crippen molar-refractivity contribution in [3.8, 4) is 0 Å². The van der Waals surface area contributed by atoms with Crippen molar-refractivity contribution in [2.45, 2.75) is 26.2 Å². The van der Waals surface area contributed by atoms with Crippen LogP contribution in [-0.4, -0.2) is 18.9 Å². The summed E-state index contributed by atoms with van der Waals surface area (Å²) in [7, 11) is 1.53. The van der Waals surface area contributed by atoms with Gasteiger partial charge in [-0.25, -0.2) is 0 Å². The predicted octanol–water partition coefficient (Wildman–Crippen LogP) is 1.43. The van der Waals surface area contributed by atoms with Crippen LogP contribution in [0, 0.1) is 0 Å². The Kier molecular flexibility index (Phi) is 3.56. The van der Waals surface area contributed by atoms with E-state index in [0.717, 1.165) is 0 Å². The Morgan fingerprint density at radius 3 is 1.94 bits per heavy atom. The second kappa shape index (κ2) is 4.57. The van der Waals surface area contributed by atoms with Crippen LogP contribution in [0.15, 0.2) is 24.3 Å². The molecule has 1 aromatic rings. The maximum Gasteiger partial charge on any atom is 0.315 e. The number of likely N-dealkylation sites (N-methyl/N-ethyl adjacent to an activating group) is 1. The zero-order valence-corrected chi connectivity index (χ0v) is 10.7. The molecule has 0 aliphatic heterocycles. The number of hydrogen-bond donors (Lipinski definition) is 1. The molecule has 0 bridgehead atoms. The Morgan fingerprint density at radius 1 is 1.12 bits per heavy atom. The molecule has 1 aromatic carbocycles. The molecule has 0 saturated carbocycles. The van der Waals surface area contributed by atoms with Gasteiger partial charge in [0.25, 0.3) is 0 Å². The maximum absolute atomic E-state index is 11.4. The Bertz CT molecular complexity index is 430. The molecule has 0 aliphatic carbocycles. The molecule has 17 heavy (non-hydrogen) atoms. The fourth-order valence-electron chi connectivity index (χ4n) is 1.47. The molecular weight excluding hydrogens is 216 g/mol. The van der Waals surface area contributed by atoms with Gasteiger partial charge < -0.3 is 10.6 Å². The SMILES string of the molecule is CN(C(=O)C(N)=O)c1ccc(C(C)(C)C)cc1. The molecule has 0 saturated heterocycles. The molecule has 0 radical (unpaired) electrons. The minimum absolute atomic E-state index is 0.0603. The quantitative estimate of drug-likeness (QED) is 0.747. The summed E-state index contributed by atoms with van der Waals surface area (Å²) in [4.78, 5) is 23.4. The largest absolute Gasteiger partial charge is 0.361 e. The molecule has 2 amide bonds. The Hall–Kier alpha value is -1.84. The summed E-state index contributed by atoms with van der Waals surface area (Å²) in [5, 5.41) is 0. The van der Waals surface area contributed by atoms with Gasteiger partial charge in [-0.15, -0.1) is 0 Å². The lowest BCUT2D eigenvalue weighted by Gasteiger charge is -2.21. The maximum atomic E-state index is 11.4. The smallest absolute Gasteiger partial charge is 0.315 e. The highest BCUT2D eigenvalue weighted by molar-refractivity contribution is 6.39. The van der Waals surface area contributed by atoms with E-state index in [1.54, 1.807) is 12.1 Å². The summed E-state index contributed by atoms with van der Waals surface area (Å²) in [6.07, 6.45) is 0. The molecule has 2 N–H and O–H groups in total. The van der Waals surface area contributed by atoms with Crippen molar-refractivity contribution in [2.24, 2.45) is 5.73 Å². The minimum atomic E-state index is -0.951. The molecule has 0 aromatic heterocycles. The highest BCUT2D eigenvalue weighted by atomic mass is 16.2. The molecule has 1 rings (SSSR count). The van der Waals surface area contributed by atoms with Gasteiger partial charge in [-0.1, -0.05) is 32.9 Å². The third kappa shape index (κ3) is 3.06. The molecule has 0 atom stereocenters. The van der Waals surface area contributed by atoms with E-state index in [9.17, 15) is 9.59 Å². The van der Waals surface area contributed by atoms with Crippen LogP contribution < -0.4 is 10.6 Å². The van der Waals surface area contributed by atoms with E-state index in [-0.39, 0.29) is 5.41 Å². The highest BCUT2D eigenvalue weighted by Gasteiger charge is 2.18. The fraction of sp³-hybridized carbons (Fsp3) is 0.385. The number of rotatable bonds is 1. The lowest BCUT2D eigenvalue weighted by atomic mass is 9.87. The molecule has 4 nitrogen and oxygen atoms in total. The van der Waals surface area contributed by atoms with Crippen molar-refractivity contribution in [2.75, 3.05) is 11.9 Å². The number of nitrogens with two attached hydrogens (primary N) is 1. The minimum Gasteiger partial charge on any atom is -0.361 e. The van der Waals surface area contributed by atoms with Crippen LogP contribution in [0.3, 0.4) is 0 Å². The van der Waals surface area contributed by atoms with E-state index in [1.807, 2.05) is 12.1 Å². The van der Waals surface area contributed by atoms with Crippen LogP contribution in [0.5, 0.6) is 0 Å². The number of anilines is 1. The van der Waals surface area contributed by atoms with Gasteiger partial charge in [0.15, 0.2) is 0 Å². The van der Waals surface area contributed by atoms with Gasteiger partial charge in [-0.2, -0.15) is 0 Å². The van der Waals surface area contributed by atoms with Crippen LogP contribution >= 0.6 is 0 Å². The van der Waals surface area contributed by atoms with Crippen molar-refractivity contribution in [3.05, 3.63) is 29.8 Å². The first-order valence-corrected chi connectivity index (χ1v) is 5.41. The van der Waals surface area contributed by atoms with Gasteiger partial charge >= 0.3 is 11.8 Å². The van der Waals surface area contributed by atoms with Crippen LogP contribution in [0.4, 0.5) is 5.69 Å². The number of carbonyl (C=O) groups is 2. The lowest BCUT2D eigenvalue weighted by molar-refractivity contribution is -0.135. The van der Waals surface area contributed by atoms with Gasteiger partial charge in [-0.05, 0) is 23.1 Å². The van der Waals surface area contributed by atoms with E-state index in [1.165, 1.54) is 17.5 Å². The molecule has 0 aliphatic rings. The third-order valence-corrected chi connectivity index (χ3v) is 2.64. The van der Waals surface area contributed by atoms with E-state index in [2.05, 4.69) is 20.8 Å². The Morgan fingerprint density at radius 2 is 1.59 bits per heavy atom. The van der Waals surface area contributed by atoms with E-state index in [0.29, 0.717) is 5.69 Å². The van der Waals surface area contributed by atoms with Crippen molar-refractivity contribution in [1.82, 2.24) is 0 Å². The summed E-state index contributed by atoms with van der Waals surface area (Å²) in [5.74, 6) is -1.67. The van der Waals surface area contributed by atoms with Crippen molar-refractivity contribution < 1.29 is 9.59 Å². The van der Waals surface area contributed by atoms with Crippen LogP contribution in [-0.2, 0) is 15.0 Å². The summed E-state index contributed by atoms with van der Waals surface area (Å²) in [6, 6.07) is 7.50. The zero-order valence-electron chi connectivity index (χ0n) is 10.7. The van der Waals surface area contributed by atoms with Gasteiger partial charge in [-0.3, -0.25) is 9.59 Å². The highest BCUT2D eigenvalue weighted by Crippen LogP contribution is 2.24. The average molecular weight is 234 g/mol. The number of amides is 2. The summed E-state index contributed by atoms with van der Waals surface area (Å²) in [5.41, 5.74) is 6.83. The molecule has 0 unspecified atom stereocenters. The lowest BCUT2D eigenvalue weighted by Crippen LogP contribution is -2.37. The first kappa shape index (κ1) is 13.2. The number of nitrogens with zero attached hydrogens (tertiary/aromatic N) is 1. The fourth-order valence-corrected chi connectivity index (χ4v) is 1.47. The van der Waals surface area contributed by atoms with Crippen molar-refractivity contribution in [3.63, 3.8) is 0 Å².